The summed E-state index contributed by atoms with van der Waals surface area (Å²) >= 11 is 0. The Hall–Kier alpha value is -3.30. The lowest BCUT2D eigenvalue weighted by Gasteiger charge is -2.36. The summed E-state index contributed by atoms with van der Waals surface area (Å²) < 4.78 is 0. The van der Waals surface area contributed by atoms with Crippen molar-refractivity contribution in [3.05, 3.63) is 56.0 Å². The molecule has 0 N–H and O–H groups in total. The van der Waals surface area contributed by atoms with Crippen molar-refractivity contribution in [2.45, 2.75) is 26.7 Å². The highest BCUT2D eigenvalue weighted by molar-refractivity contribution is 5.67. The molecule has 2 heterocycles. The second kappa shape index (κ2) is 7.75. The van der Waals surface area contributed by atoms with Gasteiger partial charge in [-0.2, -0.15) is 0 Å². The Kier molecular flexibility index (Phi) is 5.39. The molecule has 10 nitrogen and oxygen atoms in total. The number of benzene rings is 1. The van der Waals surface area contributed by atoms with E-state index in [0.717, 1.165) is 23.4 Å². The van der Waals surface area contributed by atoms with Crippen molar-refractivity contribution < 1.29 is 9.85 Å². The van der Waals surface area contributed by atoms with Gasteiger partial charge in [0.1, 0.15) is 17.3 Å². The minimum Gasteiger partial charge on any atom is -0.362 e. The van der Waals surface area contributed by atoms with E-state index in [4.69, 9.17) is 0 Å². The summed E-state index contributed by atoms with van der Waals surface area (Å²) in [7, 11) is 0. The van der Waals surface area contributed by atoms with Gasteiger partial charge in [-0.25, -0.2) is 9.97 Å². The Morgan fingerprint density at radius 3 is 2.18 bits per heavy atom. The number of hydrogen-bond donors (Lipinski definition) is 0. The SMILES string of the molecule is Cc1cc(N2CCN(c3ccc([N+](=O)[O-])cc3[N+](=O)[O-])CC2)nc(C(C)C)n1. The highest BCUT2D eigenvalue weighted by Crippen LogP contribution is 2.33. The topological polar surface area (TPSA) is 119 Å². The highest BCUT2D eigenvalue weighted by atomic mass is 16.6. The summed E-state index contributed by atoms with van der Waals surface area (Å²) in [6, 6.07) is 5.72. The first-order valence-electron chi connectivity index (χ1n) is 9.04. The first-order chi connectivity index (χ1) is 13.3. The molecule has 0 radical (unpaired) electrons. The van der Waals surface area contributed by atoms with Crippen LogP contribution in [0.2, 0.25) is 0 Å². The standard InChI is InChI=1S/C18H22N6O4/c1-12(2)18-19-13(3)10-17(20-18)22-8-6-21(7-9-22)15-5-4-14(23(25)26)11-16(15)24(27)28/h4-5,10-12H,6-9H2,1-3H3. The van der Waals surface area contributed by atoms with Crippen molar-refractivity contribution in [2.24, 2.45) is 0 Å². The summed E-state index contributed by atoms with van der Waals surface area (Å²) in [6.07, 6.45) is 0. The van der Waals surface area contributed by atoms with Crippen LogP contribution >= 0.6 is 0 Å². The summed E-state index contributed by atoms with van der Waals surface area (Å²) in [4.78, 5) is 34.2. The number of nitro groups is 2. The Balaban J connectivity index is 1.79. The average molecular weight is 386 g/mol. The fourth-order valence-corrected chi connectivity index (χ4v) is 3.21. The van der Waals surface area contributed by atoms with E-state index in [1.807, 2.05) is 31.7 Å². The fourth-order valence-electron chi connectivity index (χ4n) is 3.21. The van der Waals surface area contributed by atoms with Gasteiger partial charge >= 0.3 is 0 Å². The summed E-state index contributed by atoms with van der Waals surface area (Å²) in [5.41, 5.74) is 0.772. The Morgan fingerprint density at radius 2 is 1.61 bits per heavy atom. The van der Waals surface area contributed by atoms with Crippen LogP contribution in [0.15, 0.2) is 24.3 Å². The second-order valence-electron chi connectivity index (χ2n) is 7.04. The number of nitrogens with zero attached hydrogens (tertiary/aromatic N) is 6. The van der Waals surface area contributed by atoms with Crippen molar-refractivity contribution in [1.29, 1.82) is 0 Å². The number of hydrogen-bond acceptors (Lipinski definition) is 8. The van der Waals surface area contributed by atoms with Crippen LogP contribution in [-0.2, 0) is 0 Å². The van der Waals surface area contributed by atoms with Crippen LogP contribution < -0.4 is 9.80 Å². The van der Waals surface area contributed by atoms with Crippen LogP contribution in [0.3, 0.4) is 0 Å². The molecule has 0 unspecified atom stereocenters. The van der Waals surface area contributed by atoms with Gasteiger partial charge in [-0.05, 0) is 13.0 Å². The molecule has 3 rings (SSSR count). The molecule has 0 amide bonds. The van der Waals surface area contributed by atoms with E-state index < -0.39 is 9.85 Å². The smallest absolute Gasteiger partial charge is 0.299 e. The Morgan fingerprint density at radius 1 is 0.964 bits per heavy atom. The van der Waals surface area contributed by atoms with Crippen LogP contribution in [0.1, 0.15) is 31.3 Å². The lowest BCUT2D eigenvalue weighted by molar-refractivity contribution is -0.393. The third kappa shape index (κ3) is 4.00. The molecule has 1 fully saturated rings. The van der Waals surface area contributed by atoms with Gasteiger partial charge in [0, 0.05) is 49.9 Å². The van der Waals surface area contributed by atoms with Crippen molar-refractivity contribution in [3.63, 3.8) is 0 Å². The maximum absolute atomic E-state index is 11.4. The van der Waals surface area contributed by atoms with Crippen molar-refractivity contribution in [2.75, 3.05) is 36.0 Å². The summed E-state index contributed by atoms with van der Waals surface area (Å²) in [5, 5.41) is 22.3. The van der Waals surface area contributed by atoms with E-state index in [1.54, 1.807) is 0 Å². The highest BCUT2D eigenvalue weighted by Gasteiger charge is 2.27. The van der Waals surface area contributed by atoms with E-state index in [1.165, 1.54) is 12.1 Å². The predicted molar refractivity (Wildman–Crippen MR) is 105 cm³/mol. The number of piperazine rings is 1. The average Bonchev–Trinajstić information content (AvgIpc) is 2.67. The quantitative estimate of drug-likeness (QED) is 0.568. The normalized spacial score (nSPS) is 14.4. The monoisotopic (exact) mass is 386 g/mol. The second-order valence-corrected chi connectivity index (χ2v) is 7.04. The molecule has 1 aromatic heterocycles. The van der Waals surface area contributed by atoms with Crippen LogP contribution in [0.5, 0.6) is 0 Å². The van der Waals surface area contributed by atoms with Gasteiger partial charge < -0.3 is 9.80 Å². The number of aryl methyl sites for hydroxylation is 1. The molecule has 0 spiro atoms. The van der Waals surface area contributed by atoms with Gasteiger partial charge in [0.05, 0.1) is 15.9 Å². The maximum Gasteiger partial charge on any atom is 0.299 e. The number of anilines is 2. The van der Waals surface area contributed by atoms with Crippen LogP contribution in [0.25, 0.3) is 0 Å². The first-order valence-corrected chi connectivity index (χ1v) is 9.04. The van der Waals surface area contributed by atoms with E-state index in [2.05, 4.69) is 14.9 Å². The molecule has 1 aliphatic rings. The molecule has 1 saturated heterocycles. The largest absolute Gasteiger partial charge is 0.362 e. The van der Waals surface area contributed by atoms with Crippen molar-refractivity contribution >= 4 is 22.9 Å². The third-order valence-electron chi connectivity index (χ3n) is 4.69. The van der Waals surface area contributed by atoms with Crippen molar-refractivity contribution in [3.8, 4) is 0 Å². The van der Waals surface area contributed by atoms with Gasteiger partial charge in [0.25, 0.3) is 11.4 Å². The summed E-state index contributed by atoms with van der Waals surface area (Å²) in [5.74, 6) is 1.88. The van der Waals surface area contributed by atoms with Crippen molar-refractivity contribution in [1.82, 2.24) is 9.97 Å². The molecule has 0 aliphatic carbocycles. The van der Waals surface area contributed by atoms with E-state index in [-0.39, 0.29) is 17.3 Å². The molecule has 148 valence electrons. The zero-order valence-corrected chi connectivity index (χ0v) is 16.0. The molecular weight excluding hydrogens is 364 g/mol. The first kappa shape index (κ1) is 19.5. The lowest BCUT2D eigenvalue weighted by Crippen LogP contribution is -2.47. The van der Waals surface area contributed by atoms with E-state index >= 15 is 0 Å². The molecule has 0 atom stereocenters. The minimum atomic E-state index is -0.627. The zero-order chi connectivity index (χ0) is 20.4. The number of aromatic nitrogens is 2. The number of nitro benzene ring substituents is 2. The van der Waals surface area contributed by atoms with Gasteiger partial charge in [-0.1, -0.05) is 13.8 Å². The molecule has 10 heteroatoms. The Labute approximate surface area is 162 Å². The third-order valence-corrected chi connectivity index (χ3v) is 4.69. The molecule has 1 aromatic carbocycles. The number of rotatable bonds is 5. The molecule has 28 heavy (non-hydrogen) atoms. The van der Waals surface area contributed by atoms with E-state index in [0.29, 0.717) is 31.9 Å². The van der Waals surface area contributed by atoms with Gasteiger partial charge in [-0.3, -0.25) is 20.2 Å². The van der Waals surface area contributed by atoms with Crippen LogP contribution in [-0.4, -0.2) is 46.0 Å². The minimum absolute atomic E-state index is 0.225. The molecular formula is C18H22N6O4. The predicted octanol–water partition coefficient (Wildman–Crippen LogP) is 3.05. The lowest BCUT2D eigenvalue weighted by atomic mass is 10.2. The van der Waals surface area contributed by atoms with E-state index in [9.17, 15) is 20.2 Å². The Bertz CT molecular complexity index is 909. The molecule has 0 saturated carbocycles. The number of non-ortho nitro benzene ring substituents is 1. The van der Waals surface area contributed by atoms with Gasteiger partial charge in [0.15, 0.2) is 0 Å². The molecule has 1 aliphatic heterocycles. The molecule has 2 aromatic rings. The van der Waals surface area contributed by atoms with Gasteiger partial charge in [-0.15, -0.1) is 0 Å². The van der Waals surface area contributed by atoms with Crippen LogP contribution in [0, 0.1) is 27.2 Å². The zero-order valence-electron chi connectivity index (χ0n) is 16.0. The van der Waals surface area contributed by atoms with Gasteiger partial charge in [0.2, 0.25) is 0 Å². The summed E-state index contributed by atoms with van der Waals surface area (Å²) in [6.45, 7) is 8.42. The fraction of sp³-hybridized carbons (Fsp3) is 0.444. The maximum atomic E-state index is 11.4. The van der Waals surface area contributed by atoms with Crippen LogP contribution in [0.4, 0.5) is 22.9 Å². The molecule has 0 bridgehead atoms.